The van der Waals surface area contributed by atoms with Crippen molar-refractivity contribution < 1.29 is 14.7 Å². The van der Waals surface area contributed by atoms with Gasteiger partial charge in [-0.1, -0.05) is 20.8 Å². The van der Waals surface area contributed by atoms with Gasteiger partial charge in [0, 0.05) is 18.5 Å². The maximum atomic E-state index is 11.8. The highest BCUT2D eigenvalue weighted by atomic mass is 16.4. The third-order valence-corrected chi connectivity index (χ3v) is 3.66. The smallest absolute Gasteiger partial charge is 0.306 e. The number of hydrogen-bond donors (Lipinski definition) is 3. The minimum absolute atomic E-state index is 0.00855. The van der Waals surface area contributed by atoms with Crippen molar-refractivity contribution in [3.05, 3.63) is 0 Å². The maximum Gasteiger partial charge on any atom is 0.306 e. The van der Waals surface area contributed by atoms with E-state index in [1.807, 2.05) is 20.8 Å². The Hall–Kier alpha value is -1.10. The van der Waals surface area contributed by atoms with Crippen molar-refractivity contribution >= 4 is 11.9 Å². The van der Waals surface area contributed by atoms with Gasteiger partial charge in [0.25, 0.3) is 0 Å². The van der Waals surface area contributed by atoms with Crippen LogP contribution in [-0.2, 0) is 9.59 Å². The van der Waals surface area contributed by atoms with Gasteiger partial charge in [0.05, 0.1) is 5.92 Å². The highest BCUT2D eigenvalue weighted by molar-refractivity contribution is 5.77. The molecule has 0 saturated heterocycles. The topological polar surface area (TPSA) is 92.4 Å². The van der Waals surface area contributed by atoms with Crippen LogP contribution in [0.1, 0.15) is 46.5 Å². The van der Waals surface area contributed by atoms with Gasteiger partial charge in [0.1, 0.15) is 0 Å². The summed E-state index contributed by atoms with van der Waals surface area (Å²) in [7, 11) is 0. The lowest BCUT2D eigenvalue weighted by Crippen LogP contribution is -2.42. The molecule has 1 amide bonds. The van der Waals surface area contributed by atoms with Crippen molar-refractivity contribution in [3.63, 3.8) is 0 Å². The Bertz CT molecular complexity index is 323. The van der Waals surface area contributed by atoms with E-state index in [1.165, 1.54) is 0 Å². The van der Waals surface area contributed by atoms with Crippen LogP contribution in [0.15, 0.2) is 0 Å². The van der Waals surface area contributed by atoms with Gasteiger partial charge in [0.15, 0.2) is 0 Å². The van der Waals surface area contributed by atoms with E-state index in [9.17, 15) is 9.59 Å². The van der Waals surface area contributed by atoms with Gasteiger partial charge in [-0.15, -0.1) is 0 Å². The second-order valence-corrected chi connectivity index (χ2v) is 6.29. The number of carboxylic acid groups (broad SMARTS) is 1. The summed E-state index contributed by atoms with van der Waals surface area (Å²) in [6, 6.07) is -0.194. The first-order chi connectivity index (χ1) is 8.20. The third kappa shape index (κ3) is 4.29. The van der Waals surface area contributed by atoms with Crippen molar-refractivity contribution in [1.82, 2.24) is 5.32 Å². The first kappa shape index (κ1) is 15.0. The molecule has 5 nitrogen and oxygen atoms in total. The summed E-state index contributed by atoms with van der Waals surface area (Å²) in [6.07, 6.45) is 2.21. The van der Waals surface area contributed by atoms with Gasteiger partial charge in [-0.25, -0.2) is 0 Å². The van der Waals surface area contributed by atoms with E-state index in [2.05, 4.69) is 5.32 Å². The number of carboxylic acids is 1. The summed E-state index contributed by atoms with van der Waals surface area (Å²) < 4.78 is 0. The minimum atomic E-state index is -0.766. The van der Waals surface area contributed by atoms with Crippen LogP contribution in [0.25, 0.3) is 0 Å². The molecule has 4 N–H and O–H groups in total. The van der Waals surface area contributed by atoms with Crippen molar-refractivity contribution in [1.29, 1.82) is 0 Å². The molecule has 1 aliphatic carbocycles. The quantitative estimate of drug-likeness (QED) is 0.702. The largest absolute Gasteiger partial charge is 0.481 e. The molecule has 0 aromatic carbocycles. The summed E-state index contributed by atoms with van der Waals surface area (Å²) in [6.45, 7) is 6.00. The molecule has 1 aliphatic rings. The lowest BCUT2D eigenvalue weighted by Gasteiger charge is -2.27. The molecule has 3 atom stereocenters. The van der Waals surface area contributed by atoms with Crippen molar-refractivity contribution in [2.24, 2.45) is 17.1 Å². The first-order valence-corrected chi connectivity index (χ1v) is 6.48. The predicted octanol–water partition coefficient (Wildman–Crippen LogP) is 1.12. The number of aliphatic carboxylic acids is 1. The number of hydrogen-bond acceptors (Lipinski definition) is 3. The van der Waals surface area contributed by atoms with Crippen LogP contribution in [0.2, 0.25) is 0 Å². The average molecular weight is 256 g/mol. The molecule has 1 saturated carbocycles. The molecule has 104 valence electrons. The molecule has 0 heterocycles. The van der Waals surface area contributed by atoms with Crippen molar-refractivity contribution in [2.75, 3.05) is 0 Å². The number of amides is 1. The van der Waals surface area contributed by atoms with Gasteiger partial charge in [-0.2, -0.15) is 0 Å². The monoisotopic (exact) mass is 256 g/mol. The normalized spacial score (nSPS) is 25.8. The standard InChI is InChI=1S/C13H24N2O3/c1-13(2,3)10(14)7-11(16)15-9-5-4-8(6-9)12(17)18/h8-10H,4-7,14H2,1-3H3,(H,15,16)(H,17,18)/t8-,9+,10?/m1/s1. The zero-order chi connectivity index (χ0) is 13.9. The minimum Gasteiger partial charge on any atom is -0.481 e. The summed E-state index contributed by atoms with van der Waals surface area (Å²) >= 11 is 0. The molecular formula is C13H24N2O3. The Labute approximate surface area is 108 Å². The molecule has 18 heavy (non-hydrogen) atoms. The molecule has 0 aromatic heterocycles. The van der Waals surface area contributed by atoms with E-state index >= 15 is 0 Å². The Morgan fingerprint density at radius 3 is 2.44 bits per heavy atom. The van der Waals surface area contributed by atoms with E-state index in [0.29, 0.717) is 12.8 Å². The van der Waals surface area contributed by atoms with E-state index in [1.54, 1.807) is 0 Å². The maximum absolute atomic E-state index is 11.8. The lowest BCUT2D eigenvalue weighted by atomic mass is 9.85. The molecule has 1 fully saturated rings. The zero-order valence-corrected chi connectivity index (χ0v) is 11.4. The average Bonchev–Trinajstić information content (AvgIpc) is 2.64. The number of nitrogens with one attached hydrogen (secondary N) is 1. The number of rotatable bonds is 4. The van der Waals surface area contributed by atoms with Gasteiger partial charge < -0.3 is 16.2 Å². The van der Waals surface area contributed by atoms with Crippen LogP contribution in [0.3, 0.4) is 0 Å². The molecule has 0 aromatic rings. The lowest BCUT2D eigenvalue weighted by molar-refractivity contribution is -0.141. The van der Waals surface area contributed by atoms with E-state index in [4.69, 9.17) is 10.8 Å². The Balaban J connectivity index is 2.36. The van der Waals surface area contributed by atoms with Gasteiger partial charge in [-0.3, -0.25) is 9.59 Å². The molecule has 1 rings (SSSR count). The Kier molecular flexibility index (Phi) is 4.73. The Morgan fingerprint density at radius 2 is 2.00 bits per heavy atom. The fourth-order valence-electron chi connectivity index (χ4n) is 2.13. The molecule has 0 bridgehead atoms. The fourth-order valence-corrected chi connectivity index (χ4v) is 2.13. The fraction of sp³-hybridized carbons (Fsp3) is 0.846. The molecule has 5 heteroatoms. The van der Waals surface area contributed by atoms with Gasteiger partial charge in [-0.05, 0) is 24.7 Å². The van der Waals surface area contributed by atoms with E-state index in [-0.39, 0.29) is 35.7 Å². The number of carbonyl (C=O) groups excluding carboxylic acids is 1. The summed E-state index contributed by atoms with van der Waals surface area (Å²) in [5, 5.41) is 11.8. The van der Waals surface area contributed by atoms with Crippen LogP contribution >= 0.6 is 0 Å². The van der Waals surface area contributed by atoms with Gasteiger partial charge in [0.2, 0.25) is 5.91 Å². The van der Waals surface area contributed by atoms with Crippen LogP contribution < -0.4 is 11.1 Å². The van der Waals surface area contributed by atoms with Crippen LogP contribution in [-0.4, -0.2) is 29.1 Å². The SMILES string of the molecule is CC(C)(C)C(N)CC(=O)N[C@H]1CC[C@@H](C(=O)O)C1. The number of carbonyl (C=O) groups is 2. The highest BCUT2D eigenvalue weighted by Gasteiger charge is 2.31. The van der Waals surface area contributed by atoms with E-state index < -0.39 is 5.97 Å². The Morgan fingerprint density at radius 1 is 1.39 bits per heavy atom. The summed E-state index contributed by atoms with van der Waals surface area (Å²) in [5.41, 5.74) is 5.85. The second-order valence-electron chi connectivity index (χ2n) is 6.29. The third-order valence-electron chi connectivity index (χ3n) is 3.66. The van der Waals surface area contributed by atoms with Crippen molar-refractivity contribution in [3.8, 4) is 0 Å². The second kappa shape index (κ2) is 5.69. The number of nitrogens with two attached hydrogens (primary N) is 1. The first-order valence-electron chi connectivity index (χ1n) is 6.48. The van der Waals surface area contributed by atoms with Gasteiger partial charge >= 0.3 is 5.97 Å². The molecule has 0 radical (unpaired) electrons. The zero-order valence-electron chi connectivity index (χ0n) is 11.4. The molecule has 0 aliphatic heterocycles. The van der Waals surface area contributed by atoms with E-state index in [0.717, 1.165) is 6.42 Å². The molecule has 0 spiro atoms. The van der Waals surface area contributed by atoms with Crippen molar-refractivity contribution in [2.45, 2.75) is 58.5 Å². The van der Waals surface area contributed by atoms with Crippen LogP contribution in [0.5, 0.6) is 0 Å². The van der Waals surface area contributed by atoms with Crippen LogP contribution in [0, 0.1) is 11.3 Å². The summed E-state index contributed by atoms with van der Waals surface area (Å²) in [5.74, 6) is -1.15. The highest BCUT2D eigenvalue weighted by Crippen LogP contribution is 2.26. The molecular weight excluding hydrogens is 232 g/mol. The predicted molar refractivity (Wildman–Crippen MR) is 69.0 cm³/mol. The summed E-state index contributed by atoms with van der Waals surface area (Å²) in [4.78, 5) is 22.6. The molecule has 1 unspecified atom stereocenters. The van der Waals surface area contributed by atoms with Crippen LogP contribution in [0.4, 0.5) is 0 Å².